The van der Waals surface area contributed by atoms with Gasteiger partial charge < -0.3 is 19.6 Å². The molecule has 2 aromatic carbocycles. The van der Waals surface area contributed by atoms with E-state index in [9.17, 15) is 18.0 Å². The number of nitrogens with one attached hydrogen (secondary N) is 1. The lowest BCUT2D eigenvalue weighted by Crippen LogP contribution is -2.16. The quantitative estimate of drug-likeness (QED) is 0.437. The molecule has 0 bridgehead atoms. The summed E-state index contributed by atoms with van der Waals surface area (Å²) in [5.41, 5.74) is 1.25. The fourth-order valence-electron chi connectivity index (χ4n) is 3.98. The van der Waals surface area contributed by atoms with E-state index in [0.29, 0.717) is 17.7 Å². The fourth-order valence-corrected chi connectivity index (χ4v) is 3.98. The third-order valence-electron chi connectivity index (χ3n) is 5.61. The second kappa shape index (κ2) is 9.14. The number of H-pyrrole nitrogens is 1. The first-order valence-electron chi connectivity index (χ1n) is 10.6. The maximum absolute atomic E-state index is 13.6. The first kappa shape index (κ1) is 22.0. The summed E-state index contributed by atoms with van der Waals surface area (Å²) in [4.78, 5) is 13.9. The lowest BCUT2D eigenvalue weighted by Gasteiger charge is -2.19. The smallest absolute Gasteiger partial charge is 0.419 e. The number of fused-ring (bicyclic) bond motifs is 1. The molecule has 0 spiro atoms. The Morgan fingerprint density at radius 3 is 2.59 bits per heavy atom. The van der Waals surface area contributed by atoms with Crippen molar-refractivity contribution in [1.82, 2.24) is 4.98 Å². The van der Waals surface area contributed by atoms with Gasteiger partial charge in [0.15, 0.2) is 0 Å². The van der Waals surface area contributed by atoms with Gasteiger partial charge in [-0.05, 0) is 74.1 Å². The number of aromatic amines is 1. The van der Waals surface area contributed by atoms with Gasteiger partial charge in [-0.3, -0.25) is 4.79 Å². The van der Waals surface area contributed by atoms with E-state index in [4.69, 9.17) is 14.6 Å². The molecule has 3 aromatic rings. The molecule has 0 aliphatic heterocycles. The molecule has 170 valence electrons. The number of carboxylic acid groups (broad SMARTS) is 1. The van der Waals surface area contributed by atoms with Gasteiger partial charge in [-0.25, -0.2) is 0 Å². The van der Waals surface area contributed by atoms with Gasteiger partial charge in [-0.15, -0.1) is 0 Å². The highest BCUT2D eigenvalue weighted by molar-refractivity contribution is 5.82. The van der Waals surface area contributed by atoms with Gasteiger partial charge in [0.2, 0.25) is 0 Å². The van der Waals surface area contributed by atoms with Gasteiger partial charge in [0.05, 0.1) is 18.1 Å². The minimum atomic E-state index is -4.51. The minimum Gasteiger partial charge on any atom is -0.490 e. The second-order valence-electron chi connectivity index (χ2n) is 8.08. The minimum absolute atomic E-state index is 0.0193. The maximum atomic E-state index is 13.6. The Bertz CT molecular complexity index is 1100. The van der Waals surface area contributed by atoms with E-state index in [2.05, 4.69) is 4.98 Å². The largest absolute Gasteiger partial charge is 0.490 e. The zero-order valence-corrected chi connectivity index (χ0v) is 17.4. The Labute approximate surface area is 183 Å². The van der Waals surface area contributed by atoms with Crippen molar-refractivity contribution in [3.05, 3.63) is 59.3 Å². The Morgan fingerprint density at radius 1 is 1.09 bits per heavy atom. The van der Waals surface area contributed by atoms with E-state index >= 15 is 0 Å². The number of alkyl halides is 3. The van der Waals surface area contributed by atoms with E-state index in [1.807, 2.05) is 6.07 Å². The maximum Gasteiger partial charge on any atom is 0.419 e. The van der Waals surface area contributed by atoms with Crippen LogP contribution < -0.4 is 9.47 Å². The average Bonchev–Trinajstić information content (AvgIpc) is 3.39. The summed E-state index contributed by atoms with van der Waals surface area (Å²) >= 11 is 0. The first-order chi connectivity index (χ1) is 15.3. The van der Waals surface area contributed by atoms with Crippen LogP contribution in [0.2, 0.25) is 0 Å². The van der Waals surface area contributed by atoms with Gasteiger partial charge in [0, 0.05) is 16.6 Å². The average molecular weight is 447 g/mol. The van der Waals surface area contributed by atoms with Gasteiger partial charge in [0.25, 0.3) is 0 Å². The predicted molar refractivity (Wildman–Crippen MR) is 113 cm³/mol. The molecule has 1 fully saturated rings. The van der Waals surface area contributed by atoms with E-state index in [0.717, 1.165) is 48.3 Å². The standard InChI is InChI=1S/C24H24F3NO4/c25-24(26,27)20-11-15(5-9-22(20)32-18-3-1-2-4-18)14-31-19-7-8-21-16(13-19)12-17(28-21)6-10-23(29)30/h5,7-9,11-13,18,28H,1-4,6,10,14H2,(H,29,30). The normalized spacial score (nSPS) is 14.7. The number of hydrogen-bond donors (Lipinski definition) is 2. The van der Waals surface area contributed by atoms with Crippen LogP contribution in [-0.4, -0.2) is 22.2 Å². The zero-order chi connectivity index (χ0) is 22.7. The molecular formula is C24H24F3NO4. The Kier molecular flexibility index (Phi) is 6.30. The van der Waals surface area contributed by atoms with Crippen molar-refractivity contribution >= 4 is 16.9 Å². The topological polar surface area (TPSA) is 71.6 Å². The van der Waals surface area contributed by atoms with Crippen LogP contribution in [0, 0.1) is 0 Å². The molecule has 0 saturated heterocycles. The van der Waals surface area contributed by atoms with Crippen LogP contribution in [0.4, 0.5) is 13.2 Å². The zero-order valence-electron chi connectivity index (χ0n) is 17.4. The van der Waals surface area contributed by atoms with Gasteiger partial charge in [-0.2, -0.15) is 13.2 Å². The summed E-state index contributed by atoms with van der Waals surface area (Å²) in [7, 11) is 0. The predicted octanol–water partition coefficient (Wildman–Crippen LogP) is 6.10. The number of aryl methyl sites for hydroxylation is 1. The van der Waals surface area contributed by atoms with E-state index < -0.39 is 17.7 Å². The van der Waals surface area contributed by atoms with Crippen molar-refractivity contribution in [2.75, 3.05) is 0 Å². The lowest BCUT2D eigenvalue weighted by atomic mass is 10.1. The third-order valence-corrected chi connectivity index (χ3v) is 5.61. The lowest BCUT2D eigenvalue weighted by molar-refractivity contribution is -0.139. The Hall–Kier alpha value is -3.16. The van der Waals surface area contributed by atoms with Crippen LogP contribution in [0.3, 0.4) is 0 Å². The second-order valence-corrected chi connectivity index (χ2v) is 8.08. The molecule has 1 saturated carbocycles. The molecule has 0 radical (unpaired) electrons. The molecule has 1 aliphatic rings. The number of halogens is 3. The Balaban J connectivity index is 1.46. The van der Waals surface area contributed by atoms with Crippen molar-refractivity contribution in [2.24, 2.45) is 0 Å². The third kappa shape index (κ3) is 5.36. The van der Waals surface area contributed by atoms with Crippen molar-refractivity contribution in [2.45, 2.75) is 57.4 Å². The molecule has 1 aromatic heterocycles. The molecule has 0 amide bonds. The summed E-state index contributed by atoms with van der Waals surface area (Å²) in [5, 5.41) is 9.66. The van der Waals surface area contributed by atoms with Crippen molar-refractivity contribution in [3.63, 3.8) is 0 Å². The van der Waals surface area contributed by atoms with E-state index in [-0.39, 0.29) is 24.9 Å². The fraction of sp³-hybridized carbons (Fsp3) is 0.375. The monoisotopic (exact) mass is 447 g/mol. The number of ether oxygens (including phenoxy) is 2. The SMILES string of the molecule is O=C(O)CCc1cc2cc(OCc3ccc(OC4CCCC4)c(C(F)(F)F)c3)ccc2[nH]1. The molecule has 1 aliphatic carbocycles. The molecule has 2 N–H and O–H groups in total. The van der Waals surface area contributed by atoms with E-state index in [1.54, 1.807) is 24.3 Å². The van der Waals surface area contributed by atoms with Gasteiger partial charge in [-0.1, -0.05) is 6.07 Å². The molecule has 0 unspecified atom stereocenters. The Morgan fingerprint density at radius 2 is 1.88 bits per heavy atom. The highest BCUT2D eigenvalue weighted by Gasteiger charge is 2.35. The number of carboxylic acids is 1. The summed E-state index contributed by atoms with van der Waals surface area (Å²) < 4.78 is 52.1. The van der Waals surface area contributed by atoms with Gasteiger partial charge >= 0.3 is 12.1 Å². The summed E-state index contributed by atoms with van der Waals surface area (Å²) in [6.07, 6.45) is -0.751. The van der Waals surface area contributed by atoms with Gasteiger partial charge in [0.1, 0.15) is 18.1 Å². The van der Waals surface area contributed by atoms with Crippen LogP contribution in [0.15, 0.2) is 42.5 Å². The highest BCUT2D eigenvalue weighted by atomic mass is 19.4. The number of rotatable bonds is 8. The number of aliphatic carboxylic acids is 1. The van der Waals surface area contributed by atoms with Crippen molar-refractivity contribution in [3.8, 4) is 11.5 Å². The molecule has 0 atom stereocenters. The van der Waals surface area contributed by atoms with Crippen LogP contribution in [0.1, 0.15) is 48.9 Å². The molecule has 4 rings (SSSR count). The van der Waals surface area contributed by atoms with Crippen molar-refractivity contribution < 1.29 is 32.5 Å². The molecule has 5 nitrogen and oxygen atoms in total. The number of aromatic nitrogens is 1. The van der Waals surface area contributed by atoms with Crippen LogP contribution in [0.25, 0.3) is 10.9 Å². The number of hydrogen-bond acceptors (Lipinski definition) is 3. The molecular weight excluding hydrogens is 423 g/mol. The molecule has 8 heteroatoms. The van der Waals surface area contributed by atoms with Crippen molar-refractivity contribution in [1.29, 1.82) is 0 Å². The van der Waals surface area contributed by atoms with E-state index in [1.165, 1.54) is 6.07 Å². The summed E-state index contributed by atoms with van der Waals surface area (Å²) in [5.74, 6) is -0.484. The number of carbonyl (C=O) groups is 1. The highest BCUT2D eigenvalue weighted by Crippen LogP contribution is 2.38. The van der Waals surface area contributed by atoms with Crippen LogP contribution >= 0.6 is 0 Å². The van der Waals surface area contributed by atoms with Crippen LogP contribution in [-0.2, 0) is 24.0 Å². The first-order valence-corrected chi connectivity index (χ1v) is 10.6. The molecule has 1 heterocycles. The summed E-state index contributed by atoms with van der Waals surface area (Å²) in [6, 6.07) is 11.2. The summed E-state index contributed by atoms with van der Waals surface area (Å²) in [6.45, 7) is -0.0193. The molecule has 32 heavy (non-hydrogen) atoms. The number of benzene rings is 2. The van der Waals surface area contributed by atoms with Crippen LogP contribution in [0.5, 0.6) is 11.5 Å².